The standard InChI is InChI=1S/C21H31N3O2S/c1-7-10-24(6)19(26)12(2)14-8-9-21(4)11-15-17(23-20(22-5)27-15)13(3)16(21)18(14)25/h1,12-14,16,18,25H,8-11H2,2-6H3,(H,22,23)/t12-,13+,14+,16+,18-,21+/m0/s1. The van der Waals surface area contributed by atoms with Crippen molar-refractivity contribution in [1.82, 2.24) is 9.88 Å². The lowest BCUT2D eigenvalue weighted by atomic mass is 9.53. The SMILES string of the molecule is C#CCN(C)C(=O)[C@@H](C)[C@H]1CC[C@]2(C)Cc3sc(NC)nc3[C@H](C)[C@@H]2[C@H]1O. The highest BCUT2D eigenvalue weighted by atomic mass is 32.1. The zero-order valence-electron chi connectivity index (χ0n) is 17.0. The summed E-state index contributed by atoms with van der Waals surface area (Å²) in [6.07, 6.45) is 7.69. The number of terminal acetylenes is 1. The summed E-state index contributed by atoms with van der Waals surface area (Å²) < 4.78 is 0. The number of nitrogens with one attached hydrogen (secondary N) is 1. The number of nitrogens with zero attached hydrogens (tertiary/aromatic N) is 2. The summed E-state index contributed by atoms with van der Waals surface area (Å²) in [5.41, 5.74) is 1.17. The fraction of sp³-hybridized carbons (Fsp3) is 0.714. The Morgan fingerprint density at radius 1 is 1.59 bits per heavy atom. The van der Waals surface area contributed by atoms with E-state index in [0.717, 1.165) is 30.1 Å². The van der Waals surface area contributed by atoms with Gasteiger partial charge < -0.3 is 15.3 Å². The normalized spacial score (nSPS) is 33.4. The Bertz CT molecular complexity index is 755. The van der Waals surface area contributed by atoms with Crippen molar-refractivity contribution >= 4 is 22.4 Å². The van der Waals surface area contributed by atoms with Gasteiger partial charge in [-0.1, -0.05) is 26.7 Å². The predicted molar refractivity (Wildman–Crippen MR) is 110 cm³/mol. The fourth-order valence-electron chi connectivity index (χ4n) is 5.40. The Morgan fingerprint density at radius 2 is 2.30 bits per heavy atom. The zero-order chi connectivity index (χ0) is 19.9. The molecule has 3 rings (SSSR count). The summed E-state index contributed by atoms with van der Waals surface area (Å²) in [6, 6.07) is 0. The fourth-order valence-corrected chi connectivity index (χ4v) is 6.62. The first kappa shape index (κ1) is 20.2. The molecule has 5 nitrogen and oxygen atoms in total. The number of carbonyl (C=O) groups is 1. The van der Waals surface area contributed by atoms with Crippen LogP contribution in [0.2, 0.25) is 0 Å². The zero-order valence-corrected chi connectivity index (χ0v) is 17.8. The van der Waals surface area contributed by atoms with E-state index in [-0.39, 0.29) is 35.0 Å². The van der Waals surface area contributed by atoms with Crippen molar-refractivity contribution in [2.45, 2.75) is 52.1 Å². The van der Waals surface area contributed by atoms with E-state index in [1.807, 2.05) is 14.0 Å². The molecular weight excluding hydrogens is 358 g/mol. The Morgan fingerprint density at radius 3 is 2.93 bits per heavy atom. The minimum atomic E-state index is -0.509. The molecule has 1 amide bonds. The molecule has 27 heavy (non-hydrogen) atoms. The van der Waals surface area contributed by atoms with Gasteiger partial charge in [0.25, 0.3) is 0 Å². The molecule has 1 saturated carbocycles. The molecule has 2 aliphatic rings. The third-order valence-electron chi connectivity index (χ3n) is 6.87. The third-order valence-corrected chi connectivity index (χ3v) is 7.96. The highest BCUT2D eigenvalue weighted by Crippen LogP contribution is 2.57. The molecule has 0 bridgehead atoms. The summed E-state index contributed by atoms with van der Waals surface area (Å²) in [5, 5.41) is 15.5. The lowest BCUT2D eigenvalue weighted by Gasteiger charge is -2.53. The van der Waals surface area contributed by atoms with Crippen molar-refractivity contribution in [2.75, 3.05) is 26.0 Å². The molecule has 0 aromatic carbocycles. The number of rotatable bonds is 4. The van der Waals surface area contributed by atoms with Crippen LogP contribution in [-0.2, 0) is 11.2 Å². The number of aliphatic hydroxyl groups is 1. The van der Waals surface area contributed by atoms with E-state index in [2.05, 4.69) is 25.1 Å². The molecule has 6 atom stereocenters. The van der Waals surface area contributed by atoms with Gasteiger partial charge in [-0.3, -0.25) is 4.79 Å². The molecule has 0 saturated heterocycles. The van der Waals surface area contributed by atoms with Crippen LogP contribution in [0, 0.1) is 35.5 Å². The van der Waals surface area contributed by atoms with Crippen LogP contribution >= 0.6 is 11.3 Å². The molecule has 0 aliphatic heterocycles. The van der Waals surface area contributed by atoms with E-state index < -0.39 is 6.10 Å². The molecule has 1 aromatic heterocycles. The number of fused-ring (bicyclic) bond motifs is 2. The number of carbonyl (C=O) groups excluding carboxylic acids is 1. The monoisotopic (exact) mass is 389 g/mol. The largest absolute Gasteiger partial charge is 0.392 e. The van der Waals surface area contributed by atoms with Crippen molar-refractivity contribution in [3.63, 3.8) is 0 Å². The maximum Gasteiger partial charge on any atom is 0.226 e. The second-order valence-corrected chi connectivity index (χ2v) is 9.69. The van der Waals surface area contributed by atoms with Gasteiger partial charge in [-0.15, -0.1) is 17.8 Å². The average Bonchev–Trinajstić information content (AvgIpc) is 3.03. The van der Waals surface area contributed by atoms with Crippen LogP contribution in [0.4, 0.5) is 5.13 Å². The van der Waals surface area contributed by atoms with Crippen LogP contribution in [-0.4, -0.2) is 47.6 Å². The molecule has 148 valence electrons. The molecule has 0 spiro atoms. The number of anilines is 1. The number of hydrogen-bond donors (Lipinski definition) is 2. The highest BCUT2D eigenvalue weighted by molar-refractivity contribution is 7.15. The first-order valence-corrected chi connectivity index (χ1v) is 10.6. The van der Waals surface area contributed by atoms with Crippen molar-refractivity contribution in [1.29, 1.82) is 0 Å². The molecule has 1 fully saturated rings. The molecule has 1 heterocycles. The molecular formula is C21H31N3O2S. The van der Waals surface area contributed by atoms with Gasteiger partial charge in [-0.25, -0.2) is 4.98 Å². The average molecular weight is 390 g/mol. The van der Waals surface area contributed by atoms with E-state index in [1.165, 1.54) is 4.88 Å². The summed E-state index contributed by atoms with van der Waals surface area (Å²) in [7, 11) is 3.64. The Hall–Kier alpha value is -1.58. The molecule has 1 aromatic rings. The molecule has 0 unspecified atom stereocenters. The maximum atomic E-state index is 12.7. The van der Waals surface area contributed by atoms with Crippen LogP contribution < -0.4 is 5.32 Å². The van der Waals surface area contributed by atoms with Gasteiger partial charge in [0.05, 0.1) is 18.3 Å². The van der Waals surface area contributed by atoms with Crippen LogP contribution in [0.15, 0.2) is 0 Å². The second kappa shape index (κ2) is 7.44. The van der Waals surface area contributed by atoms with Crippen LogP contribution in [0.5, 0.6) is 0 Å². The van der Waals surface area contributed by atoms with Crippen LogP contribution in [0.25, 0.3) is 0 Å². The van der Waals surface area contributed by atoms with E-state index in [0.29, 0.717) is 6.54 Å². The summed E-state index contributed by atoms with van der Waals surface area (Å²) in [4.78, 5) is 20.4. The van der Waals surface area contributed by atoms with Crippen molar-refractivity contribution in [3.8, 4) is 12.3 Å². The van der Waals surface area contributed by atoms with Gasteiger partial charge in [0, 0.05) is 30.8 Å². The molecule has 2 aliphatic carbocycles. The van der Waals surface area contributed by atoms with Crippen LogP contribution in [0.3, 0.4) is 0 Å². The molecule has 2 N–H and O–H groups in total. The number of aromatic nitrogens is 1. The number of thiazole rings is 1. The Kier molecular flexibility index (Phi) is 5.56. The Balaban J connectivity index is 1.86. The van der Waals surface area contributed by atoms with Gasteiger partial charge >= 0.3 is 0 Å². The summed E-state index contributed by atoms with van der Waals surface area (Å²) in [5.74, 6) is 2.57. The quantitative estimate of drug-likeness (QED) is 0.777. The van der Waals surface area contributed by atoms with Gasteiger partial charge in [-0.05, 0) is 36.5 Å². The first-order chi connectivity index (χ1) is 12.7. The lowest BCUT2D eigenvalue weighted by Crippen LogP contribution is -2.53. The number of aliphatic hydroxyl groups excluding tert-OH is 1. The predicted octanol–water partition coefficient (Wildman–Crippen LogP) is 2.97. The van der Waals surface area contributed by atoms with E-state index in [1.54, 1.807) is 23.3 Å². The van der Waals surface area contributed by atoms with Gasteiger partial charge in [0.2, 0.25) is 5.91 Å². The van der Waals surface area contributed by atoms with Gasteiger partial charge in [0.15, 0.2) is 5.13 Å². The highest BCUT2D eigenvalue weighted by Gasteiger charge is 2.54. The van der Waals surface area contributed by atoms with Crippen molar-refractivity contribution < 1.29 is 9.90 Å². The number of hydrogen-bond acceptors (Lipinski definition) is 5. The number of amides is 1. The topological polar surface area (TPSA) is 65.5 Å². The summed E-state index contributed by atoms with van der Waals surface area (Å²) in [6.45, 7) is 6.72. The molecule has 6 heteroatoms. The maximum absolute atomic E-state index is 12.7. The van der Waals surface area contributed by atoms with Crippen LogP contribution in [0.1, 0.15) is 50.1 Å². The lowest BCUT2D eigenvalue weighted by molar-refractivity contribution is -0.142. The minimum Gasteiger partial charge on any atom is -0.392 e. The van der Waals surface area contributed by atoms with E-state index in [4.69, 9.17) is 11.4 Å². The van der Waals surface area contributed by atoms with E-state index >= 15 is 0 Å². The molecule has 0 radical (unpaired) electrons. The van der Waals surface area contributed by atoms with Crippen molar-refractivity contribution in [2.24, 2.45) is 23.2 Å². The van der Waals surface area contributed by atoms with E-state index in [9.17, 15) is 9.90 Å². The second-order valence-electron chi connectivity index (χ2n) is 8.60. The Labute approximate surface area is 166 Å². The minimum absolute atomic E-state index is 0.0240. The van der Waals surface area contributed by atoms with Gasteiger partial charge in [0.1, 0.15) is 0 Å². The smallest absolute Gasteiger partial charge is 0.226 e. The summed E-state index contributed by atoms with van der Waals surface area (Å²) >= 11 is 1.73. The first-order valence-electron chi connectivity index (χ1n) is 9.77. The third kappa shape index (κ3) is 3.36. The van der Waals surface area contributed by atoms with Crippen molar-refractivity contribution in [3.05, 3.63) is 10.6 Å². The van der Waals surface area contributed by atoms with Gasteiger partial charge in [-0.2, -0.15) is 0 Å².